The van der Waals surface area contributed by atoms with Gasteiger partial charge in [-0.25, -0.2) is 0 Å². The smallest absolute Gasteiger partial charge is 0.260 e. The highest BCUT2D eigenvalue weighted by atomic mass is 16.5. The van der Waals surface area contributed by atoms with Crippen LogP contribution >= 0.6 is 0 Å². The van der Waals surface area contributed by atoms with Gasteiger partial charge in [-0.05, 0) is 49.2 Å². The molecule has 3 rings (SSSR count). The molecule has 1 heterocycles. The van der Waals surface area contributed by atoms with Gasteiger partial charge in [0.2, 0.25) is 0 Å². The van der Waals surface area contributed by atoms with Crippen molar-refractivity contribution in [3.05, 3.63) is 54.1 Å². The molecule has 0 atom stereocenters. The molecule has 6 nitrogen and oxygen atoms in total. The standard InChI is InChI=1S/C20H22N2O4/c1-25-17-9-7-15(8-10-17)20(24)21-16-5-4-6-18(13-16)26-14-19(23)22-11-2-3-12-22/h4-10,13H,2-3,11-12,14H2,1H3,(H,21,24). The lowest BCUT2D eigenvalue weighted by Crippen LogP contribution is -2.32. The topological polar surface area (TPSA) is 67.9 Å². The minimum atomic E-state index is -0.224. The van der Waals surface area contributed by atoms with Gasteiger partial charge < -0.3 is 19.7 Å². The zero-order chi connectivity index (χ0) is 18.4. The maximum Gasteiger partial charge on any atom is 0.260 e. The number of carbonyl (C=O) groups is 2. The fraction of sp³-hybridized carbons (Fsp3) is 0.300. The van der Waals surface area contributed by atoms with Crippen molar-refractivity contribution in [2.75, 3.05) is 32.1 Å². The number of methoxy groups -OCH3 is 1. The molecule has 1 saturated heterocycles. The number of amides is 2. The number of rotatable bonds is 6. The number of hydrogen-bond acceptors (Lipinski definition) is 4. The second kappa shape index (κ2) is 8.38. The summed E-state index contributed by atoms with van der Waals surface area (Å²) >= 11 is 0. The first-order chi connectivity index (χ1) is 12.7. The van der Waals surface area contributed by atoms with Crippen LogP contribution in [0.25, 0.3) is 0 Å². The zero-order valence-electron chi connectivity index (χ0n) is 14.7. The molecule has 0 spiro atoms. The fourth-order valence-electron chi connectivity index (χ4n) is 2.81. The Kier molecular flexibility index (Phi) is 5.73. The first-order valence-electron chi connectivity index (χ1n) is 8.62. The molecule has 1 N–H and O–H groups in total. The highest BCUT2D eigenvalue weighted by Gasteiger charge is 2.18. The Labute approximate surface area is 152 Å². The normalized spacial score (nSPS) is 13.3. The predicted molar refractivity (Wildman–Crippen MR) is 98.7 cm³/mol. The predicted octanol–water partition coefficient (Wildman–Crippen LogP) is 2.95. The van der Waals surface area contributed by atoms with Crippen LogP contribution in [0.1, 0.15) is 23.2 Å². The molecule has 0 bridgehead atoms. The van der Waals surface area contributed by atoms with E-state index in [1.807, 2.05) is 4.90 Å². The van der Waals surface area contributed by atoms with Crippen molar-refractivity contribution < 1.29 is 19.1 Å². The molecular formula is C20H22N2O4. The van der Waals surface area contributed by atoms with Gasteiger partial charge in [0.1, 0.15) is 11.5 Å². The van der Waals surface area contributed by atoms with Crippen LogP contribution in [-0.2, 0) is 4.79 Å². The number of ether oxygens (including phenoxy) is 2. The van der Waals surface area contributed by atoms with Crippen molar-refractivity contribution in [1.29, 1.82) is 0 Å². The molecule has 1 fully saturated rings. The summed E-state index contributed by atoms with van der Waals surface area (Å²) < 4.78 is 10.7. The Morgan fingerprint density at radius 1 is 1.04 bits per heavy atom. The summed E-state index contributed by atoms with van der Waals surface area (Å²) in [5.41, 5.74) is 1.14. The third-order valence-electron chi connectivity index (χ3n) is 4.27. The van der Waals surface area contributed by atoms with Crippen LogP contribution in [0.4, 0.5) is 5.69 Å². The SMILES string of the molecule is COc1ccc(C(=O)Nc2cccc(OCC(=O)N3CCCC3)c2)cc1. The molecule has 0 saturated carbocycles. The molecule has 0 aliphatic carbocycles. The van der Waals surface area contributed by atoms with Crippen LogP contribution in [0.3, 0.4) is 0 Å². The quantitative estimate of drug-likeness (QED) is 0.866. The molecule has 136 valence electrons. The maximum absolute atomic E-state index is 12.3. The van der Waals surface area contributed by atoms with Crippen LogP contribution in [0.5, 0.6) is 11.5 Å². The van der Waals surface area contributed by atoms with Crippen molar-refractivity contribution in [2.45, 2.75) is 12.8 Å². The maximum atomic E-state index is 12.3. The van der Waals surface area contributed by atoms with E-state index in [1.165, 1.54) is 0 Å². The lowest BCUT2D eigenvalue weighted by atomic mass is 10.2. The van der Waals surface area contributed by atoms with E-state index in [0.29, 0.717) is 22.7 Å². The Morgan fingerprint density at radius 2 is 1.77 bits per heavy atom. The zero-order valence-corrected chi connectivity index (χ0v) is 14.7. The lowest BCUT2D eigenvalue weighted by molar-refractivity contribution is -0.132. The molecular weight excluding hydrogens is 332 g/mol. The number of nitrogens with one attached hydrogen (secondary N) is 1. The minimum Gasteiger partial charge on any atom is -0.497 e. The van der Waals surface area contributed by atoms with Gasteiger partial charge in [0.15, 0.2) is 6.61 Å². The number of hydrogen-bond donors (Lipinski definition) is 1. The summed E-state index contributed by atoms with van der Waals surface area (Å²) in [7, 11) is 1.58. The number of nitrogens with zero attached hydrogens (tertiary/aromatic N) is 1. The van der Waals surface area contributed by atoms with E-state index in [4.69, 9.17) is 9.47 Å². The van der Waals surface area contributed by atoms with E-state index in [2.05, 4.69) is 5.32 Å². The van der Waals surface area contributed by atoms with E-state index in [-0.39, 0.29) is 18.4 Å². The molecule has 1 aliphatic heterocycles. The second-order valence-corrected chi connectivity index (χ2v) is 6.09. The summed E-state index contributed by atoms with van der Waals surface area (Å²) in [6.07, 6.45) is 2.11. The first-order valence-corrected chi connectivity index (χ1v) is 8.62. The molecule has 1 aliphatic rings. The molecule has 0 aromatic heterocycles. The third kappa shape index (κ3) is 4.53. The highest BCUT2D eigenvalue weighted by molar-refractivity contribution is 6.04. The van der Waals surface area contributed by atoms with E-state index in [0.717, 1.165) is 25.9 Å². The van der Waals surface area contributed by atoms with Crippen molar-refractivity contribution in [3.63, 3.8) is 0 Å². The fourth-order valence-corrected chi connectivity index (χ4v) is 2.81. The molecule has 26 heavy (non-hydrogen) atoms. The van der Waals surface area contributed by atoms with Crippen molar-refractivity contribution >= 4 is 17.5 Å². The van der Waals surface area contributed by atoms with Gasteiger partial charge in [0.05, 0.1) is 7.11 Å². The Hall–Kier alpha value is -3.02. The second-order valence-electron chi connectivity index (χ2n) is 6.09. The van der Waals surface area contributed by atoms with E-state index in [9.17, 15) is 9.59 Å². The van der Waals surface area contributed by atoms with Crippen LogP contribution in [0.15, 0.2) is 48.5 Å². The number of benzene rings is 2. The molecule has 6 heteroatoms. The largest absolute Gasteiger partial charge is 0.497 e. The molecule has 0 unspecified atom stereocenters. The summed E-state index contributed by atoms with van der Waals surface area (Å²) in [6.45, 7) is 1.62. The third-order valence-corrected chi connectivity index (χ3v) is 4.27. The average Bonchev–Trinajstić information content (AvgIpc) is 3.21. The van der Waals surface area contributed by atoms with E-state index < -0.39 is 0 Å². The van der Waals surface area contributed by atoms with Crippen molar-refractivity contribution in [3.8, 4) is 11.5 Å². The average molecular weight is 354 g/mol. The van der Waals surface area contributed by atoms with Crippen molar-refractivity contribution in [2.24, 2.45) is 0 Å². The molecule has 2 amide bonds. The minimum absolute atomic E-state index is 0.00447. The van der Waals surface area contributed by atoms with Crippen LogP contribution in [0.2, 0.25) is 0 Å². The van der Waals surface area contributed by atoms with Gasteiger partial charge in [-0.15, -0.1) is 0 Å². The van der Waals surface area contributed by atoms with Gasteiger partial charge in [0.25, 0.3) is 11.8 Å². The van der Waals surface area contributed by atoms with Gasteiger partial charge in [-0.3, -0.25) is 9.59 Å². The van der Waals surface area contributed by atoms with Crippen LogP contribution in [0, 0.1) is 0 Å². The summed E-state index contributed by atoms with van der Waals surface area (Å²) in [4.78, 5) is 26.2. The Balaban J connectivity index is 1.57. The Bertz CT molecular complexity index is 768. The summed E-state index contributed by atoms with van der Waals surface area (Å²) in [5.74, 6) is 1.01. The van der Waals surface area contributed by atoms with Crippen LogP contribution < -0.4 is 14.8 Å². The van der Waals surface area contributed by atoms with E-state index >= 15 is 0 Å². The van der Waals surface area contributed by atoms with Gasteiger partial charge in [-0.1, -0.05) is 6.07 Å². The monoisotopic (exact) mass is 354 g/mol. The van der Waals surface area contributed by atoms with Crippen molar-refractivity contribution in [1.82, 2.24) is 4.90 Å². The lowest BCUT2D eigenvalue weighted by Gasteiger charge is -2.15. The summed E-state index contributed by atoms with van der Waals surface area (Å²) in [5, 5.41) is 2.82. The van der Waals surface area contributed by atoms with E-state index in [1.54, 1.807) is 55.6 Å². The molecule has 2 aromatic carbocycles. The number of anilines is 1. The first kappa shape index (κ1) is 17.8. The summed E-state index contributed by atoms with van der Waals surface area (Å²) in [6, 6.07) is 13.9. The Morgan fingerprint density at radius 3 is 2.46 bits per heavy atom. The van der Waals surface area contributed by atoms with Crippen LogP contribution in [-0.4, -0.2) is 43.5 Å². The van der Waals surface area contributed by atoms with Gasteiger partial charge >= 0.3 is 0 Å². The molecule has 0 radical (unpaired) electrons. The van der Waals surface area contributed by atoms with Gasteiger partial charge in [0, 0.05) is 30.4 Å². The highest BCUT2D eigenvalue weighted by Crippen LogP contribution is 2.19. The van der Waals surface area contributed by atoms with Gasteiger partial charge in [-0.2, -0.15) is 0 Å². The molecule has 2 aromatic rings. The number of carbonyl (C=O) groups excluding carboxylic acids is 2. The number of likely N-dealkylation sites (tertiary alicyclic amines) is 1.